The molecule has 2 aliphatic rings. The largest absolute Gasteiger partial charge is 0.490 e. The highest BCUT2D eigenvalue weighted by molar-refractivity contribution is 7.09. The van der Waals surface area contributed by atoms with Crippen molar-refractivity contribution in [1.29, 1.82) is 0 Å². The third-order valence-electron chi connectivity index (χ3n) is 4.95. The van der Waals surface area contributed by atoms with E-state index in [1.54, 1.807) is 11.3 Å². The fourth-order valence-electron chi connectivity index (χ4n) is 3.53. The zero-order chi connectivity index (χ0) is 18.6. The Labute approximate surface area is 163 Å². The second kappa shape index (κ2) is 8.17. The molecule has 1 atom stereocenters. The summed E-state index contributed by atoms with van der Waals surface area (Å²) in [6, 6.07) is 5.84. The second-order valence-electron chi connectivity index (χ2n) is 7.10. The first-order valence-corrected chi connectivity index (χ1v) is 10.4. The molecule has 1 saturated heterocycles. The number of fused-ring (bicyclic) bond motifs is 1. The number of hydrogen-bond acceptors (Lipinski definition) is 5. The first-order chi connectivity index (χ1) is 13.2. The average molecular weight is 388 g/mol. The van der Waals surface area contributed by atoms with E-state index in [-0.39, 0.29) is 6.03 Å². The van der Waals surface area contributed by atoms with Gasteiger partial charge in [-0.25, -0.2) is 9.78 Å². The van der Waals surface area contributed by atoms with Crippen LogP contribution in [0.5, 0.6) is 11.5 Å². The van der Waals surface area contributed by atoms with Crippen molar-refractivity contribution < 1.29 is 14.3 Å². The second-order valence-corrected chi connectivity index (χ2v) is 7.99. The number of rotatable bonds is 3. The smallest absolute Gasteiger partial charge is 0.317 e. The normalized spacial score (nSPS) is 19.4. The Kier molecular flexibility index (Phi) is 5.48. The van der Waals surface area contributed by atoms with Crippen molar-refractivity contribution in [2.24, 2.45) is 0 Å². The van der Waals surface area contributed by atoms with Gasteiger partial charge in [0, 0.05) is 43.0 Å². The molecule has 1 unspecified atom stereocenters. The van der Waals surface area contributed by atoms with Gasteiger partial charge in [0.25, 0.3) is 0 Å². The Bertz CT molecular complexity index is 808. The zero-order valence-corrected chi connectivity index (χ0v) is 16.4. The Balaban J connectivity index is 1.34. The minimum atomic E-state index is -0.0138. The molecule has 1 aromatic heterocycles. The fourth-order valence-corrected chi connectivity index (χ4v) is 4.46. The zero-order valence-electron chi connectivity index (χ0n) is 15.6. The first kappa shape index (κ1) is 18.1. The minimum Gasteiger partial charge on any atom is -0.490 e. The van der Waals surface area contributed by atoms with E-state index in [0.717, 1.165) is 60.1 Å². The lowest BCUT2D eigenvalue weighted by Gasteiger charge is -2.31. The molecule has 1 fully saturated rings. The van der Waals surface area contributed by atoms with Crippen LogP contribution in [0.1, 0.15) is 41.4 Å². The van der Waals surface area contributed by atoms with Crippen LogP contribution < -0.4 is 14.8 Å². The number of thiazole rings is 1. The molecular weight excluding hydrogens is 362 g/mol. The number of hydrogen-bond donors (Lipinski definition) is 1. The third-order valence-corrected chi connectivity index (χ3v) is 6.08. The van der Waals surface area contributed by atoms with Crippen LogP contribution in [-0.2, 0) is 6.54 Å². The maximum atomic E-state index is 12.6. The number of carbonyl (C=O) groups excluding carboxylic acids is 1. The van der Waals surface area contributed by atoms with Crippen LogP contribution in [0.2, 0.25) is 0 Å². The van der Waals surface area contributed by atoms with Crippen molar-refractivity contribution in [3.05, 3.63) is 39.8 Å². The van der Waals surface area contributed by atoms with Crippen molar-refractivity contribution in [1.82, 2.24) is 15.2 Å². The van der Waals surface area contributed by atoms with Crippen molar-refractivity contribution in [3.8, 4) is 11.5 Å². The molecule has 0 radical (unpaired) electrons. The summed E-state index contributed by atoms with van der Waals surface area (Å²) in [6.45, 7) is 5.37. The highest BCUT2D eigenvalue weighted by Gasteiger charge is 2.26. The van der Waals surface area contributed by atoms with Gasteiger partial charge in [-0.1, -0.05) is 6.07 Å². The monoisotopic (exact) mass is 387 g/mol. The number of likely N-dealkylation sites (tertiary alicyclic amines) is 1. The summed E-state index contributed by atoms with van der Waals surface area (Å²) in [5.41, 5.74) is 2.07. The fraction of sp³-hybridized carbons (Fsp3) is 0.500. The van der Waals surface area contributed by atoms with E-state index in [4.69, 9.17) is 9.47 Å². The number of amides is 2. The summed E-state index contributed by atoms with van der Waals surface area (Å²) >= 11 is 1.70. The van der Waals surface area contributed by atoms with Gasteiger partial charge < -0.3 is 19.7 Å². The van der Waals surface area contributed by atoms with Crippen LogP contribution in [0.15, 0.2) is 23.6 Å². The molecule has 2 amide bonds. The number of nitrogens with one attached hydrogen (secondary N) is 1. The third kappa shape index (κ3) is 4.35. The molecule has 0 saturated carbocycles. The van der Waals surface area contributed by atoms with Crippen molar-refractivity contribution in [3.63, 3.8) is 0 Å². The summed E-state index contributed by atoms with van der Waals surface area (Å²) in [6.07, 6.45) is 3.00. The quantitative estimate of drug-likeness (QED) is 0.872. The molecule has 7 heteroatoms. The number of benzene rings is 1. The number of carbonyl (C=O) groups is 1. The molecule has 1 aromatic carbocycles. The molecule has 2 aliphatic heterocycles. The summed E-state index contributed by atoms with van der Waals surface area (Å²) in [5, 5.41) is 6.27. The molecule has 0 bridgehead atoms. The number of aromatic nitrogens is 1. The van der Waals surface area contributed by atoms with Crippen molar-refractivity contribution >= 4 is 17.4 Å². The average Bonchev–Trinajstić information content (AvgIpc) is 2.99. The lowest BCUT2D eigenvalue weighted by atomic mass is 9.99. The van der Waals surface area contributed by atoms with Gasteiger partial charge in [-0.3, -0.25) is 0 Å². The molecule has 4 rings (SSSR count). The Hall–Kier alpha value is -2.28. The van der Waals surface area contributed by atoms with E-state index in [2.05, 4.69) is 15.7 Å². The summed E-state index contributed by atoms with van der Waals surface area (Å²) in [4.78, 5) is 19.2. The number of nitrogens with zero attached hydrogens (tertiary/aromatic N) is 2. The van der Waals surface area contributed by atoms with Crippen molar-refractivity contribution in [2.75, 3.05) is 26.3 Å². The van der Waals surface area contributed by atoms with Crippen LogP contribution >= 0.6 is 11.3 Å². The van der Waals surface area contributed by atoms with E-state index in [9.17, 15) is 4.79 Å². The molecular formula is C20H25N3O3S. The highest BCUT2D eigenvalue weighted by atomic mass is 32.1. The van der Waals surface area contributed by atoms with Gasteiger partial charge in [-0.15, -0.1) is 11.3 Å². The van der Waals surface area contributed by atoms with Crippen LogP contribution in [0.25, 0.3) is 0 Å². The number of urea groups is 1. The van der Waals surface area contributed by atoms with Gasteiger partial charge in [0.2, 0.25) is 0 Å². The van der Waals surface area contributed by atoms with Gasteiger partial charge in [-0.2, -0.15) is 0 Å². The van der Waals surface area contributed by atoms with Gasteiger partial charge in [-0.05, 0) is 37.5 Å². The molecule has 6 nitrogen and oxygen atoms in total. The van der Waals surface area contributed by atoms with Crippen LogP contribution in [0.4, 0.5) is 4.79 Å². The SMILES string of the molecule is Cc1csc(C2CCCN(C(=O)NCc3ccc4c(c3)OCCCO4)C2)n1. The van der Waals surface area contributed by atoms with Gasteiger partial charge >= 0.3 is 6.03 Å². The highest BCUT2D eigenvalue weighted by Crippen LogP contribution is 2.31. The number of aryl methyl sites for hydroxylation is 1. The molecule has 1 N–H and O–H groups in total. The van der Waals surface area contributed by atoms with Crippen LogP contribution in [0.3, 0.4) is 0 Å². The van der Waals surface area contributed by atoms with Crippen LogP contribution in [-0.4, -0.2) is 42.2 Å². The van der Waals surface area contributed by atoms with Gasteiger partial charge in [0.15, 0.2) is 11.5 Å². The molecule has 2 aromatic rings. The summed E-state index contributed by atoms with van der Waals surface area (Å²) in [5.74, 6) is 1.89. The minimum absolute atomic E-state index is 0.0138. The Morgan fingerprint density at radius 2 is 2.15 bits per heavy atom. The first-order valence-electron chi connectivity index (χ1n) is 9.52. The topological polar surface area (TPSA) is 63.7 Å². The maximum Gasteiger partial charge on any atom is 0.317 e. The van der Waals surface area contributed by atoms with Gasteiger partial charge in [0.1, 0.15) is 0 Å². The molecule has 144 valence electrons. The Morgan fingerprint density at radius 1 is 1.30 bits per heavy atom. The summed E-state index contributed by atoms with van der Waals surface area (Å²) < 4.78 is 11.4. The van der Waals surface area contributed by atoms with Crippen LogP contribution in [0, 0.1) is 6.92 Å². The van der Waals surface area contributed by atoms with E-state index in [0.29, 0.717) is 25.7 Å². The standard InChI is InChI=1S/C20H25N3O3S/c1-14-13-27-19(22-14)16-4-2-7-23(12-16)20(24)21-11-15-5-6-17-18(10-15)26-9-3-8-25-17/h5-6,10,13,16H,2-4,7-9,11-12H2,1H3,(H,21,24). The van der Waals surface area contributed by atoms with Crippen molar-refractivity contribution in [2.45, 2.75) is 38.6 Å². The van der Waals surface area contributed by atoms with E-state index in [1.165, 1.54) is 0 Å². The van der Waals surface area contributed by atoms with E-state index >= 15 is 0 Å². The van der Waals surface area contributed by atoms with E-state index in [1.807, 2.05) is 30.0 Å². The summed E-state index contributed by atoms with van der Waals surface area (Å²) in [7, 11) is 0. The predicted octanol–water partition coefficient (Wildman–Crippen LogP) is 3.70. The molecule has 0 aliphatic carbocycles. The predicted molar refractivity (Wildman–Crippen MR) is 105 cm³/mol. The lowest BCUT2D eigenvalue weighted by molar-refractivity contribution is 0.179. The van der Waals surface area contributed by atoms with Gasteiger partial charge in [0.05, 0.1) is 18.2 Å². The molecule has 3 heterocycles. The molecule has 0 spiro atoms. The lowest BCUT2D eigenvalue weighted by Crippen LogP contribution is -2.44. The number of piperidine rings is 1. The molecule has 27 heavy (non-hydrogen) atoms. The number of ether oxygens (including phenoxy) is 2. The maximum absolute atomic E-state index is 12.6. The van der Waals surface area contributed by atoms with E-state index < -0.39 is 0 Å². The Morgan fingerprint density at radius 3 is 2.96 bits per heavy atom.